The van der Waals surface area contributed by atoms with Gasteiger partial charge in [0.1, 0.15) is 11.6 Å². The maximum Gasteiger partial charge on any atom is 0.250 e. The number of hydrogen-bond acceptors (Lipinski definition) is 6. The highest BCUT2D eigenvalue weighted by atomic mass is 35.5. The highest BCUT2D eigenvalue weighted by Gasteiger charge is 2.25. The molecule has 1 heterocycles. The number of carbonyl (C=O) groups excluding carboxylic acids is 1. The number of aromatic nitrogens is 1. The van der Waals surface area contributed by atoms with E-state index in [4.69, 9.17) is 11.6 Å². The first-order valence-electron chi connectivity index (χ1n) is 12.4. The van der Waals surface area contributed by atoms with Crippen LogP contribution in [0.1, 0.15) is 61.1 Å². The van der Waals surface area contributed by atoms with E-state index in [0.29, 0.717) is 21.9 Å². The minimum atomic E-state index is -3.85. The van der Waals surface area contributed by atoms with E-state index >= 15 is 4.39 Å². The molecule has 2 N–H and O–H groups in total. The van der Waals surface area contributed by atoms with Crippen LogP contribution in [-0.2, 0) is 28.4 Å². The first-order chi connectivity index (χ1) is 18.4. The van der Waals surface area contributed by atoms with Gasteiger partial charge in [0.15, 0.2) is 5.78 Å². The Labute approximate surface area is 236 Å². The number of hydrogen-bond donors (Lipinski definition) is 2. The SMILES string of the molecule is CCCC[S+]([O-])N[C@@H](C)c1cc(=O)n(C)cc1-c1cc(NS(=O)(=O)CC)c(F)cc1C(=O)c1ccc(Cl)cc1. The number of unbranched alkanes of at least 4 members (excludes halogenated alkanes) is 1. The molecule has 0 aliphatic rings. The van der Waals surface area contributed by atoms with Crippen LogP contribution in [0.15, 0.2) is 53.5 Å². The minimum absolute atomic E-state index is 0.0477. The number of anilines is 1. The topological polar surface area (TPSA) is 120 Å². The second-order valence-corrected chi connectivity index (χ2v) is 12.8. The van der Waals surface area contributed by atoms with Crippen LogP contribution < -0.4 is 15.0 Å². The molecule has 8 nitrogen and oxygen atoms in total. The molecular weight excluding hydrogens is 565 g/mol. The molecule has 2 aromatic carbocycles. The zero-order valence-corrected chi connectivity index (χ0v) is 24.5. The standard InChI is InChI=1S/C27H31ClFN3O5S2/c1-5-7-12-38(35)30-17(3)20-15-26(33)32(4)16-23(20)21-14-25(31-39(36,37)6-2)24(29)13-22(21)27(34)18-8-10-19(28)11-9-18/h8-11,13-17,30-31H,5-7,12H2,1-4H3/t17-,38?/m0/s1. The fourth-order valence-electron chi connectivity index (χ4n) is 3.88. The van der Waals surface area contributed by atoms with Crippen molar-refractivity contribution in [3.63, 3.8) is 0 Å². The summed E-state index contributed by atoms with van der Waals surface area (Å²) in [5.74, 6) is -1.34. The fraction of sp³-hybridized carbons (Fsp3) is 0.333. The zero-order chi connectivity index (χ0) is 28.9. The molecular formula is C27H31ClFN3O5S2. The molecule has 2 atom stereocenters. The summed E-state index contributed by atoms with van der Waals surface area (Å²) in [4.78, 5) is 26.2. The number of aryl methyl sites for hydroxylation is 1. The number of benzene rings is 2. The maximum atomic E-state index is 15.2. The van der Waals surface area contributed by atoms with Crippen LogP contribution >= 0.6 is 11.6 Å². The second kappa shape index (κ2) is 13.1. The van der Waals surface area contributed by atoms with Crippen molar-refractivity contribution < 1.29 is 22.2 Å². The van der Waals surface area contributed by atoms with Gasteiger partial charge in [-0.05, 0) is 67.8 Å². The van der Waals surface area contributed by atoms with Gasteiger partial charge in [0, 0.05) is 52.4 Å². The van der Waals surface area contributed by atoms with E-state index in [9.17, 15) is 22.6 Å². The molecule has 0 fully saturated rings. The molecule has 12 heteroatoms. The van der Waals surface area contributed by atoms with E-state index in [-0.39, 0.29) is 33.7 Å². The summed E-state index contributed by atoms with van der Waals surface area (Å²) in [6.07, 6.45) is 3.10. The van der Waals surface area contributed by atoms with Crippen LogP contribution in [0.25, 0.3) is 11.1 Å². The molecule has 0 spiro atoms. The number of ketones is 1. The quantitative estimate of drug-likeness (QED) is 0.226. The van der Waals surface area contributed by atoms with Crippen LogP contribution in [-0.4, -0.2) is 34.8 Å². The van der Waals surface area contributed by atoms with E-state index in [0.717, 1.165) is 18.9 Å². The van der Waals surface area contributed by atoms with Crippen molar-refractivity contribution >= 4 is 44.5 Å². The zero-order valence-electron chi connectivity index (χ0n) is 22.1. The predicted molar refractivity (Wildman–Crippen MR) is 155 cm³/mol. The summed E-state index contributed by atoms with van der Waals surface area (Å²) in [5, 5.41) is 0.415. The second-order valence-electron chi connectivity index (χ2n) is 9.05. The Balaban J connectivity index is 2.26. The predicted octanol–water partition coefficient (Wildman–Crippen LogP) is 4.95. The smallest absolute Gasteiger partial charge is 0.250 e. The van der Waals surface area contributed by atoms with Gasteiger partial charge in [-0.1, -0.05) is 24.9 Å². The van der Waals surface area contributed by atoms with Crippen molar-refractivity contribution in [2.75, 3.05) is 16.2 Å². The molecule has 0 aliphatic carbocycles. The van der Waals surface area contributed by atoms with Crippen molar-refractivity contribution in [2.45, 2.75) is 39.7 Å². The van der Waals surface area contributed by atoms with Crippen LogP contribution in [0.3, 0.4) is 0 Å². The molecule has 0 amide bonds. The van der Waals surface area contributed by atoms with Crippen molar-refractivity contribution in [3.8, 4) is 11.1 Å². The third kappa shape index (κ3) is 7.70. The summed E-state index contributed by atoms with van der Waals surface area (Å²) in [5.41, 5.74) is 0.494. The lowest BCUT2D eigenvalue weighted by atomic mass is 9.90. The van der Waals surface area contributed by atoms with Gasteiger partial charge in [-0.15, -0.1) is 4.72 Å². The van der Waals surface area contributed by atoms with Gasteiger partial charge < -0.3 is 9.12 Å². The largest absolute Gasteiger partial charge is 0.598 e. The Kier molecular flexibility index (Phi) is 10.4. The Morgan fingerprint density at radius 2 is 1.82 bits per heavy atom. The van der Waals surface area contributed by atoms with Gasteiger partial charge in [-0.3, -0.25) is 14.3 Å². The van der Waals surface area contributed by atoms with Crippen molar-refractivity contribution in [1.82, 2.24) is 9.29 Å². The van der Waals surface area contributed by atoms with Crippen molar-refractivity contribution in [3.05, 3.63) is 86.5 Å². The van der Waals surface area contributed by atoms with Crippen LogP contribution in [0.4, 0.5) is 10.1 Å². The Bertz CT molecular complexity index is 1510. The van der Waals surface area contributed by atoms with E-state index in [1.807, 2.05) is 6.92 Å². The van der Waals surface area contributed by atoms with Crippen molar-refractivity contribution in [1.29, 1.82) is 0 Å². The molecule has 1 unspecified atom stereocenters. The summed E-state index contributed by atoms with van der Waals surface area (Å²) in [6.45, 7) is 5.13. The first-order valence-corrected chi connectivity index (χ1v) is 15.7. The van der Waals surface area contributed by atoms with Crippen LogP contribution in [0.2, 0.25) is 5.02 Å². The number of carbonyl (C=O) groups is 1. The van der Waals surface area contributed by atoms with Crippen LogP contribution in [0.5, 0.6) is 0 Å². The molecule has 0 radical (unpaired) electrons. The highest BCUT2D eigenvalue weighted by molar-refractivity contribution is 7.92. The number of nitrogens with one attached hydrogen (secondary N) is 2. The third-order valence-corrected chi connectivity index (χ3v) is 8.93. The minimum Gasteiger partial charge on any atom is -0.598 e. The number of sulfonamides is 1. The molecule has 210 valence electrons. The van der Waals surface area contributed by atoms with Gasteiger partial charge in [0.2, 0.25) is 10.0 Å². The van der Waals surface area contributed by atoms with E-state index in [1.54, 1.807) is 6.92 Å². The summed E-state index contributed by atoms with van der Waals surface area (Å²) in [6, 6.07) is 9.06. The normalized spacial score (nSPS) is 13.2. The Hall–Kier alpha value is -2.70. The summed E-state index contributed by atoms with van der Waals surface area (Å²) in [7, 11) is -2.32. The molecule has 3 aromatic rings. The monoisotopic (exact) mass is 595 g/mol. The first kappa shape index (κ1) is 30.8. The lowest BCUT2D eigenvalue weighted by Gasteiger charge is -2.22. The summed E-state index contributed by atoms with van der Waals surface area (Å²) < 4.78 is 58.9. The summed E-state index contributed by atoms with van der Waals surface area (Å²) >= 11 is 4.59. The number of pyridine rings is 1. The molecule has 3 rings (SSSR count). The number of rotatable bonds is 12. The van der Waals surface area contributed by atoms with Crippen LogP contribution in [0, 0.1) is 5.82 Å². The Morgan fingerprint density at radius 1 is 1.15 bits per heavy atom. The molecule has 1 aromatic heterocycles. The third-order valence-electron chi connectivity index (χ3n) is 6.11. The van der Waals surface area contributed by atoms with Gasteiger partial charge in [-0.2, -0.15) is 0 Å². The molecule has 0 aliphatic heterocycles. The van der Waals surface area contributed by atoms with Crippen molar-refractivity contribution in [2.24, 2.45) is 7.05 Å². The van der Waals surface area contributed by atoms with E-state index < -0.39 is 39.0 Å². The molecule has 0 saturated carbocycles. The Morgan fingerprint density at radius 3 is 2.44 bits per heavy atom. The maximum absolute atomic E-state index is 15.2. The number of nitrogens with zero attached hydrogens (tertiary/aromatic N) is 1. The van der Waals surface area contributed by atoms with E-state index in [2.05, 4.69) is 9.44 Å². The lowest BCUT2D eigenvalue weighted by Crippen LogP contribution is -2.31. The lowest BCUT2D eigenvalue weighted by molar-refractivity contribution is 0.103. The van der Waals surface area contributed by atoms with E-state index in [1.165, 1.54) is 61.1 Å². The average Bonchev–Trinajstić information content (AvgIpc) is 2.89. The average molecular weight is 596 g/mol. The highest BCUT2D eigenvalue weighted by Crippen LogP contribution is 2.35. The molecule has 39 heavy (non-hydrogen) atoms. The molecule has 0 bridgehead atoms. The number of halogens is 2. The fourth-order valence-corrected chi connectivity index (χ4v) is 5.83. The molecule has 0 saturated heterocycles. The van der Waals surface area contributed by atoms with Gasteiger partial charge >= 0.3 is 0 Å². The van der Waals surface area contributed by atoms with Gasteiger partial charge in [0.25, 0.3) is 5.56 Å². The van der Waals surface area contributed by atoms with Gasteiger partial charge in [0.05, 0.1) is 17.5 Å². The van der Waals surface area contributed by atoms with Gasteiger partial charge in [-0.25, -0.2) is 12.8 Å².